The molecule has 12 rings (SSSR count). The summed E-state index contributed by atoms with van der Waals surface area (Å²) in [5.74, 6) is -3.42. The van der Waals surface area contributed by atoms with Crippen molar-refractivity contribution in [3.05, 3.63) is 241 Å². The van der Waals surface area contributed by atoms with Gasteiger partial charge in [-0.25, -0.2) is 13.2 Å². The molecule has 6 heteroatoms. The van der Waals surface area contributed by atoms with Crippen LogP contribution in [0, 0.1) is 28.8 Å². The molecule has 0 spiro atoms. The molecule has 0 amide bonds. The topological polar surface area (TPSA) is 33.6 Å². The number of benzene rings is 10. The SMILES string of the molecule is N#Cc1c(-n2c3ccc(-c4ccccc4)cc3c3cc(-c4ccccc4)ccc32)cc(-c2c(F)ccc(F)c2F)cc1-n1c2ccc(-c3ccccc3)cc2c2cc(-c3ccccc3)ccc21. The summed E-state index contributed by atoms with van der Waals surface area (Å²) in [7, 11) is 0. The first-order valence-corrected chi connectivity index (χ1v) is 22.0. The minimum atomic E-state index is -1.31. The van der Waals surface area contributed by atoms with Crippen molar-refractivity contribution in [3.63, 3.8) is 0 Å². The number of hydrogen-bond donors (Lipinski definition) is 0. The third kappa shape index (κ3) is 6.59. The summed E-state index contributed by atoms with van der Waals surface area (Å²) >= 11 is 0. The van der Waals surface area contributed by atoms with Crippen molar-refractivity contribution in [1.29, 1.82) is 5.26 Å². The molecule has 0 aliphatic rings. The van der Waals surface area contributed by atoms with Crippen molar-refractivity contribution >= 4 is 43.6 Å². The highest BCUT2D eigenvalue weighted by atomic mass is 19.2. The predicted octanol–water partition coefficient (Wildman–Crippen LogP) is 16.5. The minimum absolute atomic E-state index is 0.0760. The van der Waals surface area contributed by atoms with E-state index >= 15 is 13.2 Å². The number of rotatable bonds is 7. The van der Waals surface area contributed by atoms with Crippen molar-refractivity contribution in [2.75, 3.05) is 0 Å². The Morgan fingerprint density at radius 1 is 0.313 bits per heavy atom. The molecule has 3 nitrogen and oxygen atoms in total. The molecule has 0 radical (unpaired) electrons. The molecule has 0 saturated carbocycles. The van der Waals surface area contributed by atoms with Crippen LogP contribution in [0.2, 0.25) is 0 Å². The van der Waals surface area contributed by atoms with Gasteiger partial charge in [0.05, 0.1) is 39.0 Å². The van der Waals surface area contributed by atoms with Crippen molar-refractivity contribution in [3.8, 4) is 73.1 Å². The maximum absolute atomic E-state index is 16.2. The molecule has 0 saturated heterocycles. The Balaban J connectivity index is 1.20. The number of nitrogens with zero attached hydrogens (tertiary/aromatic N) is 3. The lowest BCUT2D eigenvalue weighted by Crippen LogP contribution is -2.06. The van der Waals surface area contributed by atoms with Crippen LogP contribution in [0.4, 0.5) is 13.2 Å². The van der Waals surface area contributed by atoms with Crippen LogP contribution in [0.3, 0.4) is 0 Å². The molecule has 316 valence electrons. The van der Waals surface area contributed by atoms with Gasteiger partial charge in [-0.2, -0.15) is 5.26 Å². The molecule has 67 heavy (non-hydrogen) atoms. The van der Waals surface area contributed by atoms with Gasteiger partial charge in [-0.15, -0.1) is 0 Å². The summed E-state index contributed by atoms with van der Waals surface area (Å²) in [5, 5.41) is 15.3. The van der Waals surface area contributed by atoms with Gasteiger partial charge in [-0.05, 0) is 123 Å². The van der Waals surface area contributed by atoms with Gasteiger partial charge in [-0.3, -0.25) is 0 Å². The molecule has 0 N–H and O–H groups in total. The number of halogens is 3. The van der Waals surface area contributed by atoms with Crippen LogP contribution in [-0.2, 0) is 0 Å². The van der Waals surface area contributed by atoms with Gasteiger partial charge in [-0.1, -0.05) is 146 Å². The summed E-state index contributed by atoms with van der Waals surface area (Å²) in [6, 6.07) is 73.0. The van der Waals surface area contributed by atoms with Crippen LogP contribution in [0.25, 0.3) is 111 Å². The Hall–Kier alpha value is -8.92. The Bertz CT molecular complexity index is 3530. The van der Waals surface area contributed by atoms with E-state index in [9.17, 15) is 5.26 Å². The first-order chi connectivity index (χ1) is 32.9. The molecule has 12 aromatic rings. The number of aromatic nitrogens is 2. The molecule has 0 unspecified atom stereocenters. The highest BCUT2D eigenvalue weighted by Crippen LogP contribution is 2.44. The fourth-order valence-corrected chi connectivity index (χ4v) is 9.82. The minimum Gasteiger partial charge on any atom is -0.308 e. The Morgan fingerprint density at radius 2 is 0.627 bits per heavy atom. The molecule has 0 aliphatic carbocycles. The van der Waals surface area contributed by atoms with Gasteiger partial charge < -0.3 is 9.13 Å². The second-order valence-electron chi connectivity index (χ2n) is 16.8. The Morgan fingerprint density at radius 3 is 0.940 bits per heavy atom. The van der Waals surface area contributed by atoms with Gasteiger partial charge in [0.1, 0.15) is 17.4 Å². The summed E-state index contributed by atoms with van der Waals surface area (Å²) < 4.78 is 51.7. The maximum Gasteiger partial charge on any atom is 0.169 e. The van der Waals surface area contributed by atoms with E-state index in [0.717, 1.165) is 100 Å². The monoisotopic (exact) mass is 867 g/mol. The molecule has 0 atom stereocenters. The number of nitriles is 1. The summed E-state index contributed by atoms with van der Waals surface area (Å²) in [5.41, 5.74) is 11.9. The van der Waals surface area contributed by atoms with E-state index in [-0.39, 0.29) is 11.1 Å². The third-order valence-electron chi connectivity index (χ3n) is 13.0. The fourth-order valence-electron chi connectivity index (χ4n) is 9.82. The summed E-state index contributed by atoms with van der Waals surface area (Å²) in [6.45, 7) is 0. The molecule has 2 aromatic heterocycles. The van der Waals surface area contributed by atoms with E-state index in [0.29, 0.717) is 11.4 Å². The van der Waals surface area contributed by atoms with Crippen molar-refractivity contribution < 1.29 is 13.2 Å². The van der Waals surface area contributed by atoms with Crippen LogP contribution < -0.4 is 0 Å². The molecule has 10 aromatic carbocycles. The van der Waals surface area contributed by atoms with E-state index in [2.05, 4.69) is 103 Å². The van der Waals surface area contributed by atoms with Crippen LogP contribution in [0.15, 0.2) is 218 Å². The van der Waals surface area contributed by atoms with E-state index < -0.39 is 23.0 Å². The molecule has 0 fully saturated rings. The number of fused-ring (bicyclic) bond motifs is 6. The zero-order valence-electron chi connectivity index (χ0n) is 35.8. The highest BCUT2D eigenvalue weighted by molar-refractivity contribution is 6.14. The molecule has 2 heterocycles. The number of hydrogen-bond acceptors (Lipinski definition) is 1. The average molecular weight is 868 g/mol. The second kappa shape index (κ2) is 16.0. The lowest BCUT2D eigenvalue weighted by molar-refractivity contribution is 0.499. The smallest absolute Gasteiger partial charge is 0.169 e. The molecular formula is C61H36F3N3. The van der Waals surface area contributed by atoms with Crippen molar-refractivity contribution in [2.24, 2.45) is 0 Å². The van der Waals surface area contributed by atoms with Gasteiger partial charge in [0.2, 0.25) is 0 Å². The van der Waals surface area contributed by atoms with Gasteiger partial charge in [0.25, 0.3) is 0 Å². The van der Waals surface area contributed by atoms with E-state index in [4.69, 9.17) is 0 Å². The molecular weight excluding hydrogens is 832 g/mol. The quantitative estimate of drug-likeness (QED) is 0.147. The first kappa shape index (κ1) is 39.7. The normalized spacial score (nSPS) is 11.5. The van der Waals surface area contributed by atoms with Crippen LogP contribution in [-0.4, -0.2) is 9.13 Å². The van der Waals surface area contributed by atoms with E-state index in [1.807, 2.05) is 106 Å². The average Bonchev–Trinajstić information content (AvgIpc) is 3.89. The Kier molecular flexibility index (Phi) is 9.44. The second-order valence-corrected chi connectivity index (χ2v) is 16.8. The van der Waals surface area contributed by atoms with Crippen molar-refractivity contribution in [1.82, 2.24) is 9.13 Å². The van der Waals surface area contributed by atoms with Crippen LogP contribution >= 0.6 is 0 Å². The van der Waals surface area contributed by atoms with Crippen LogP contribution in [0.5, 0.6) is 0 Å². The maximum atomic E-state index is 16.2. The van der Waals surface area contributed by atoms with Gasteiger partial charge >= 0.3 is 0 Å². The highest BCUT2D eigenvalue weighted by Gasteiger charge is 2.26. The Labute approximate surface area is 384 Å². The standard InChI is InChI=1S/C61H36F3N3/c62-52-25-26-53(63)61(64)60(52)46-35-58(66-54-27-21-42(38-13-5-1-6-14-38)31-47(54)48-32-43(22-28-55(48)66)39-15-7-2-8-16-39)51(37-65)59(36-46)67-56-29-23-44(40-17-9-3-10-18-40)33-49(56)50-34-45(24-30-57(50)67)41-19-11-4-12-20-41/h1-36H. The molecule has 0 aliphatic heterocycles. The van der Waals surface area contributed by atoms with E-state index in [1.165, 1.54) is 0 Å². The zero-order valence-corrected chi connectivity index (χ0v) is 35.8. The summed E-state index contributed by atoms with van der Waals surface area (Å²) in [4.78, 5) is 0. The summed E-state index contributed by atoms with van der Waals surface area (Å²) in [6.07, 6.45) is 0. The largest absolute Gasteiger partial charge is 0.308 e. The third-order valence-corrected chi connectivity index (χ3v) is 13.0. The lowest BCUT2D eigenvalue weighted by atomic mass is 9.98. The van der Waals surface area contributed by atoms with E-state index in [1.54, 1.807) is 12.1 Å². The first-order valence-electron chi connectivity index (χ1n) is 22.0. The van der Waals surface area contributed by atoms with Gasteiger partial charge in [0, 0.05) is 21.5 Å². The van der Waals surface area contributed by atoms with Crippen molar-refractivity contribution in [2.45, 2.75) is 0 Å². The van der Waals surface area contributed by atoms with Gasteiger partial charge in [0.15, 0.2) is 11.6 Å². The predicted molar refractivity (Wildman–Crippen MR) is 267 cm³/mol. The lowest BCUT2D eigenvalue weighted by Gasteiger charge is -2.19. The zero-order chi connectivity index (χ0) is 45.2. The molecule has 0 bridgehead atoms. The van der Waals surface area contributed by atoms with Crippen LogP contribution in [0.1, 0.15) is 5.56 Å². The fraction of sp³-hybridized carbons (Fsp3) is 0.